The first-order valence-electron chi connectivity index (χ1n) is 7.70. The highest BCUT2D eigenvalue weighted by molar-refractivity contribution is 5.10. The van der Waals surface area contributed by atoms with Crippen LogP contribution in [0, 0.1) is 11.8 Å². The zero-order valence-electron chi connectivity index (χ0n) is 13.8. The quantitative estimate of drug-likeness (QED) is 0.792. The Balaban J connectivity index is 2.90. The molecule has 0 aliphatic rings. The van der Waals surface area contributed by atoms with E-state index < -0.39 is 0 Å². The minimum atomic E-state index is 0.0889. The number of rotatable bonds is 8. The van der Waals surface area contributed by atoms with Crippen LogP contribution in [-0.4, -0.2) is 29.0 Å². The molecule has 3 heteroatoms. The van der Waals surface area contributed by atoms with Crippen LogP contribution >= 0.6 is 0 Å². The van der Waals surface area contributed by atoms with E-state index in [0.717, 1.165) is 19.4 Å². The molecule has 0 amide bonds. The van der Waals surface area contributed by atoms with Gasteiger partial charge in [-0.25, -0.2) is 0 Å². The first-order chi connectivity index (χ1) is 9.39. The van der Waals surface area contributed by atoms with Gasteiger partial charge in [0, 0.05) is 31.0 Å². The molecule has 0 aromatic carbocycles. The fourth-order valence-electron chi connectivity index (χ4n) is 3.17. The van der Waals surface area contributed by atoms with Crippen LogP contribution in [0.4, 0.5) is 0 Å². The Kier molecular flexibility index (Phi) is 6.63. The van der Waals surface area contributed by atoms with Gasteiger partial charge in [0.1, 0.15) is 0 Å². The van der Waals surface area contributed by atoms with Gasteiger partial charge in [0.15, 0.2) is 0 Å². The van der Waals surface area contributed by atoms with Crippen molar-refractivity contribution < 1.29 is 0 Å². The molecule has 0 bridgehead atoms. The van der Waals surface area contributed by atoms with Crippen LogP contribution in [0.1, 0.15) is 46.1 Å². The molecule has 1 aromatic heterocycles. The van der Waals surface area contributed by atoms with Gasteiger partial charge in [-0.05, 0) is 49.4 Å². The molecular formula is C17H31N3. The summed E-state index contributed by atoms with van der Waals surface area (Å²) >= 11 is 0. The first kappa shape index (κ1) is 17.1. The Morgan fingerprint density at radius 3 is 2.00 bits per heavy atom. The summed E-state index contributed by atoms with van der Waals surface area (Å²) in [4.78, 5) is 6.54. The molecule has 0 spiro atoms. The van der Waals surface area contributed by atoms with Crippen molar-refractivity contribution in [1.29, 1.82) is 0 Å². The lowest BCUT2D eigenvalue weighted by Crippen LogP contribution is -2.53. The van der Waals surface area contributed by atoms with Gasteiger partial charge in [0.05, 0.1) is 0 Å². The predicted octanol–water partition coefficient (Wildman–Crippen LogP) is 3.30. The van der Waals surface area contributed by atoms with Crippen LogP contribution < -0.4 is 5.73 Å². The second kappa shape index (κ2) is 7.75. The average molecular weight is 277 g/mol. The maximum absolute atomic E-state index is 6.20. The number of hydrogen-bond acceptors (Lipinski definition) is 3. The highest BCUT2D eigenvalue weighted by atomic mass is 15.2. The monoisotopic (exact) mass is 277 g/mol. The summed E-state index contributed by atoms with van der Waals surface area (Å²) < 4.78 is 0. The largest absolute Gasteiger partial charge is 0.329 e. The predicted molar refractivity (Wildman–Crippen MR) is 86.4 cm³/mol. The number of nitrogens with two attached hydrogens (primary N) is 1. The Labute approximate surface area is 124 Å². The Morgan fingerprint density at radius 1 is 1.10 bits per heavy atom. The van der Waals surface area contributed by atoms with Crippen molar-refractivity contribution in [2.24, 2.45) is 17.6 Å². The summed E-state index contributed by atoms with van der Waals surface area (Å²) in [6, 6.07) is 4.17. The van der Waals surface area contributed by atoms with Crippen LogP contribution in [0.25, 0.3) is 0 Å². The van der Waals surface area contributed by atoms with Crippen molar-refractivity contribution in [3.05, 3.63) is 30.1 Å². The normalized spacial score (nSPS) is 12.7. The second-order valence-corrected chi connectivity index (χ2v) is 6.84. The van der Waals surface area contributed by atoms with E-state index in [2.05, 4.69) is 56.8 Å². The highest BCUT2D eigenvalue weighted by Gasteiger charge is 2.34. The molecular weight excluding hydrogens is 246 g/mol. The number of nitrogens with zero attached hydrogens (tertiary/aromatic N) is 2. The van der Waals surface area contributed by atoms with Crippen molar-refractivity contribution in [1.82, 2.24) is 9.88 Å². The van der Waals surface area contributed by atoms with Gasteiger partial charge in [-0.3, -0.25) is 9.88 Å². The highest BCUT2D eigenvalue weighted by Crippen LogP contribution is 2.30. The van der Waals surface area contributed by atoms with Crippen molar-refractivity contribution in [3.8, 4) is 0 Å². The van der Waals surface area contributed by atoms with Crippen molar-refractivity contribution >= 4 is 0 Å². The van der Waals surface area contributed by atoms with E-state index in [4.69, 9.17) is 5.73 Å². The molecule has 0 saturated heterocycles. The lowest BCUT2D eigenvalue weighted by atomic mass is 9.80. The average Bonchev–Trinajstić information content (AvgIpc) is 2.37. The molecule has 0 fully saturated rings. The van der Waals surface area contributed by atoms with Crippen LogP contribution in [0.15, 0.2) is 24.5 Å². The zero-order chi connectivity index (χ0) is 15.2. The van der Waals surface area contributed by atoms with Crippen LogP contribution in [0.3, 0.4) is 0 Å². The van der Waals surface area contributed by atoms with Crippen LogP contribution in [-0.2, 0) is 6.54 Å². The maximum Gasteiger partial charge on any atom is 0.0337 e. The lowest BCUT2D eigenvalue weighted by molar-refractivity contribution is 0.0713. The Morgan fingerprint density at radius 2 is 1.60 bits per heavy atom. The summed E-state index contributed by atoms with van der Waals surface area (Å²) in [6.45, 7) is 10.8. The van der Waals surface area contributed by atoms with Gasteiger partial charge >= 0.3 is 0 Å². The topological polar surface area (TPSA) is 42.1 Å². The van der Waals surface area contributed by atoms with E-state index in [-0.39, 0.29) is 5.54 Å². The van der Waals surface area contributed by atoms with Crippen molar-refractivity contribution in [2.45, 2.75) is 52.6 Å². The smallest absolute Gasteiger partial charge is 0.0337 e. The minimum absolute atomic E-state index is 0.0889. The molecule has 0 atom stereocenters. The molecule has 0 aliphatic carbocycles. The summed E-state index contributed by atoms with van der Waals surface area (Å²) in [7, 11) is 2.21. The third-order valence-corrected chi connectivity index (χ3v) is 3.94. The summed E-state index contributed by atoms with van der Waals surface area (Å²) in [5.41, 5.74) is 7.59. The summed E-state index contributed by atoms with van der Waals surface area (Å²) in [6.07, 6.45) is 6.00. The van der Waals surface area contributed by atoms with Gasteiger partial charge in [0.2, 0.25) is 0 Å². The van der Waals surface area contributed by atoms with Gasteiger partial charge in [0.25, 0.3) is 0 Å². The van der Waals surface area contributed by atoms with E-state index in [1.807, 2.05) is 12.4 Å². The van der Waals surface area contributed by atoms with E-state index in [1.165, 1.54) is 5.56 Å². The molecule has 1 aromatic rings. The van der Waals surface area contributed by atoms with E-state index in [9.17, 15) is 0 Å². The molecule has 0 saturated carbocycles. The van der Waals surface area contributed by atoms with Crippen molar-refractivity contribution in [3.63, 3.8) is 0 Å². The van der Waals surface area contributed by atoms with Gasteiger partial charge in [-0.15, -0.1) is 0 Å². The molecule has 0 aliphatic heterocycles. The standard InChI is InChI=1S/C17H31N3/c1-14(2)10-17(13-18,11-15(3)4)20(5)12-16-6-8-19-9-7-16/h6-9,14-15H,10-13,18H2,1-5H3. The van der Waals surface area contributed by atoms with Gasteiger partial charge in [-0.2, -0.15) is 0 Å². The summed E-state index contributed by atoms with van der Waals surface area (Å²) in [5, 5.41) is 0. The summed E-state index contributed by atoms with van der Waals surface area (Å²) in [5.74, 6) is 1.30. The molecule has 0 unspecified atom stereocenters. The fraction of sp³-hybridized carbons (Fsp3) is 0.706. The van der Waals surface area contributed by atoms with Gasteiger partial charge in [-0.1, -0.05) is 27.7 Å². The third kappa shape index (κ3) is 4.88. The molecule has 2 N–H and O–H groups in total. The first-order valence-corrected chi connectivity index (χ1v) is 7.70. The van der Waals surface area contributed by atoms with E-state index in [1.54, 1.807) is 0 Å². The van der Waals surface area contributed by atoms with E-state index >= 15 is 0 Å². The number of hydrogen-bond donors (Lipinski definition) is 1. The molecule has 0 radical (unpaired) electrons. The minimum Gasteiger partial charge on any atom is -0.329 e. The SMILES string of the molecule is CC(C)CC(CN)(CC(C)C)N(C)Cc1ccncc1. The van der Waals surface area contributed by atoms with Crippen LogP contribution in [0.5, 0.6) is 0 Å². The van der Waals surface area contributed by atoms with Crippen LogP contribution in [0.2, 0.25) is 0 Å². The molecule has 1 heterocycles. The molecule has 1 rings (SSSR count). The van der Waals surface area contributed by atoms with Gasteiger partial charge < -0.3 is 5.73 Å². The number of aromatic nitrogens is 1. The maximum atomic E-state index is 6.20. The zero-order valence-corrected chi connectivity index (χ0v) is 13.8. The number of pyridine rings is 1. The number of likely N-dealkylation sites (N-methyl/N-ethyl adjacent to an activating group) is 1. The fourth-order valence-corrected chi connectivity index (χ4v) is 3.17. The lowest BCUT2D eigenvalue weighted by Gasteiger charge is -2.44. The third-order valence-electron chi connectivity index (χ3n) is 3.94. The second-order valence-electron chi connectivity index (χ2n) is 6.84. The molecule has 3 nitrogen and oxygen atoms in total. The molecule has 20 heavy (non-hydrogen) atoms. The Hall–Kier alpha value is -0.930. The Bertz CT molecular complexity index is 363. The van der Waals surface area contributed by atoms with E-state index in [0.29, 0.717) is 18.4 Å². The molecule has 114 valence electrons. The van der Waals surface area contributed by atoms with Crippen molar-refractivity contribution in [2.75, 3.05) is 13.6 Å².